The minimum atomic E-state index is -0.414. The van der Waals surface area contributed by atoms with Crippen molar-refractivity contribution < 1.29 is 9.53 Å². The summed E-state index contributed by atoms with van der Waals surface area (Å²) < 4.78 is 9.40. The van der Waals surface area contributed by atoms with Gasteiger partial charge < -0.3 is 10.1 Å². The quantitative estimate of drug-likeness (QED) is 0.297. The first-order valence-corrected chi connectivity index (χ1v) is 11.2. The topological polar surface area (TPSA) is 74.0 Å². The van der Waals surface area contributed by atoms with Gasteiger partial charge in [-0.15, -0.1) is 0 Å². The zero-order valence-corrected chi connectivity index (χ0v) is 20.2. The van der Waals surface area contributed by atoms with Crippen molar-refractivity contribution in [1.82, 2.24) is 19.6 Å². The zero-order chi connectivity index (χ0) is 22.7. The normalized spacial score (nSPS) is 10.9. The Morgan fingerprint density at radius 1 is 0.969 bits per heavy atom. The molecule has 4 aromatic rings. The predicted octanol–water partition coefficient (Wildman–Crippen LogP) is 6.14. The first-order chi connectivity index (χ1) is 15.4. The summed E-state index contributed by atoms with van der Waals surface area (Å²) in [5.74, 6) is 0.309. The van der Waals surface area contributed by atoms with E-state index >= 15 is 0 Å². The lowest BCUT2D eigenvalue weighted by Crippen LogP contribution is -2.15. The molecule has 11 heteroatoms. The molecule has 4 rings (SSSR count). The highest BCUT2D eigenvalue weighted by Gasteiger charge is 2.15. The van der Waals surface area contributed by atoms with Gasteiger partial charge in [0.25, 0.3) is 5.91 Å². The standard InChI is InChI=1S/C21H15BrCl3N5O2/c22-14-11-30(10-13-4-1-2-5-15(13)23)28-20(14)26-21(31)18-8-9-29(27-18)12-32-19-16(24)6-3-7-17(19)25/h1-9,11H,10,12H2,(H,26,28,31). The number of ether oxygens (including phenoxy) is 1. The fourth-order valence-corrected chi connectivity index (χ4v) is 3.96. The summed E-state index contributed by atoms with van der Waals surface area (Å²) in [6, 6.07) is 14.1. The van der Waals surface area contributed by atoms with Crippen LogP contribution in [0.25, 0.3) is 0 Å². The Bertz CT molecular complexity index is 1250. The Kier molecular flexibility index (Phi) is 7.05. The number of halogens is 4. The highest BCUT2D eigenvalue weighted by molar-refractivity contribution is 9.10. The van der Waals surface area contributed by atoms with Crippen molar-refractivity contribution in [3.63, 3.8) is 0 Å². The summed E-state index contributed by atoms with van der Waals surface area (Å²) in [7, 11) is 0. The van der Waals surface area contributed by atoms with E-state index < -0.39 is 5.91 Å². The van der Waals surface area contributed by atoms with Gasteiger partial charge in [0.1, 0.15) is 0 Å². The largest absolute Gasteiger partial charge is 0.468 e. The van der Waals surface area contributed by atoms with Crippen LogP contribution in [-0.4, -0.2) is 25.5 Å². The Morgan fingerprint density at radius 3 is 2.44 bits per heavy atom. The summed E-state index contributed by atoms with van der Waals surface area (Å²) in [4.78, 5) is 12.6. The molecule has 2 heterocycles. The molecule has 0 atom stereocenters. The van der Waals surface area contributed by atoms with Crippen LogP contribution in [-0.2, 0) is 13.3 Å². The maximum Gasteiger partial charge on any atom is 0.277 e. The van der Waals surface area contributed by atoms with Crippen LogP contribution in [0.15, 0.2) is 65.4 Å². The lowest BCUT2D eigenvalue weighted by atomic mass is 10.2. The molecule has 7 nitrogen and oxygen atoms in total. The highest BCUT2D eigenvalue weighted by Crippen LogP contribution is 2.32. The third-order valence-electron chi connectivity index (χ3n) is 4.37. The molecule has 2 aromatic carbocycles. The van der Waals surface area contributed by atoms with Gasteiger partial charge in [0.05, 0.1) is 21.1 Å². The van der Waals surface area contributed by atoms with Crippen molar-refractivity contribution in [3.05, 3.63) is 91.7 Å². The van der Waals surface area contributed by atoms with E-state index in [-0.39, 0.29) is 12.4 Å². The number of hydrogen-bond acceptors (Lipinski definition) is 4. The second-order valence-electron chi connectivity index (χ2n) is 6.63. The predicted molar refractivity (Wildman–Crippen MR) is 128 cm³/mol. The highest BCUT2D eigenvalue weighted by atomic mass is 79.9. The van der Waals surface area contributed by atoms with Crippen molar-refractivity contribution in [3.8, 4) is 5.75 Å². The van der Waals surface area contributed by atoms with E-state index in [4.69, 9.17) is 39.5 Å². The van der Waals surface area contributed by atoms with Gasteiger partial charge in [-0.1, -0.05) is 59.1 Å². The van der Waals surface area contributed by atoms with E-state index in [9.17, 15) is 4.79 Å². The molecule has 0 aliphatic carbocycles. The Hall–Kier alpha value is -2.52. The fraction of sp³-hybridized carbons (Fsp3) is 0.0952. The monoisotopic (exact) mass is 553 g/mol. The molecule has 0 unspecified atom stereocenters. The molecule has 0 spiro atoms. The first-order valence-electron chi connectivity index (χ1n) is 9.28. The van der Waals surface area contributed by atoms with E-state index in [0.717, 1.165) is 5.56 Å². The van der Waals surface area contributed by atoms with Crippen molar-refractivity contribution in [2.24, 2.45) is 0 Å². The number of nitrogens with zero attached hydrogens (tertiary/aromatic N) is 4. The summed E-state index contributed by atoms with van der Waals surface area (Å²) in [5, 5.41) is 12.8. The second kappa shape index (κ2) is 9.95. The minimum absolute atomic E-state index is 0.0346. The lowest BCUT2D eigenvalue weighted by molar-refractivity contribution is 0.101. The number of para-hydroxylation sites is 1. The van der Waals surface area contributed by atoms with Crippen LogP contribution in [0.4, 0.5) is 5.82 Å². The number of hydrogen-bond donors (Lipinski definition) is 1. The number of benzene rings is 2. The Balaban J connectivity index is 1.40. The van der Waals surface area contributed by atoms with Crippen molar-refractivity contribution in [2.75, 3.05) is 5.32 Å². The summed E-state index contributed by atoms with van der Waals surface area (Å²) in [5.41, 5.74) is 1.12. The molecular weight excluding hydrogens is 541 g/mol. The number of anilines is 1. The molecule has 0 saturated heterocycles. The van der Waals surface area contributed by atoms with Crippen LogP contribution in [0.1, 0.15) is 16.1 Å². The maximum atomic E-state index is 12.6. The average Bonchev–Trinajstić information content (AvgIpc) is 3.36. The van der Waals surface area contributed by atoms with Crippen LogP contribution >= 0.6 is 50.7 Å². The molecule has 164 valence electrons. The average molecular weight is 556 g/mol. The number of nitrogens with one attached hydrogen (secondary N) is 1. The molecular formula is C21H15BrCl3N5O2. The molecule has 0 aliphatic rings. The van der Waals surface area contributed by atoms with Gasteiger partial charge in [-0.2, -0.15) is 10.2 Å². The van der Waals surface area contributed by atoms with Crippen molar-refractivity contribution in [2.45, 2.75) is 13.3 Å². The molecule has 1 amide bonds. The summed E-state index contributed by atoms with van der Waals surface area (Å²) in [6.45, 7) is 0.498. The van der Waals surface area contributed by atoms with Gasteiger partial charge >= 0.3 is 0 Å². The maximum absolute atomic E-state index is 12.6. The van der Waals surface area contributed by atoms with E-state index in [0.29, 0.717) is 37.7 Å². The molecule has 0 bridgehead atoms. The molecule has 32 heavy (non-hydrogen) atoms. The zero-order valence-electron chi connectivity index (χ0n) is 16.3. The number of carbonyl (C=O) groups excluding carboxylic acids is 1. The van der Waals surface area contributed by atoms with Crippen LogP contribution in [0.5, 0.6) is 5.75 Å². The third kappa shape index (κ3) is 5.27. The van der Waals surface area contributed by atoms with Crippen LogP contribution < -0.4 is 10.1 Å². The third-order valence-corrected chi connectivity index (χ3v) is 5.92. The van der Waals surface area contributed by atoms with E-state index in [1.807, 2.05) is 24.3 Å². The Morgan fingerprint density at radius 2 is 1.69 bits per heavy atom. The van der Waals surface area contributed by atoms with Gasteiger partial charge in [0.15, 0.2) is 24.0 Å². The summed E-state index contributed by atoms with van der Waals surface area (Å²) >= 11 is 21.8. The molecule has 0 saturated carbocycles. The van der Waals surface area contributed by atoms with Crippen molar-refractivity contribution in [1.29, 1.82) is 0 Å². The van der Waals surface area contributed by atoms with Gasteiger partial charge in [0, 0.05) is 17.4 Å². The fourth-order valence-electron chi connectivity index (χ4n) is 2.84. The SMILES string of the molecule is O=C(Nc1nn(Cc2ccccc2Cl)cc1Br)c1ccn(COc2c(Cl)cccc2Cl)n1. The molecule has 0 fully saturated rings. The number of aromatic nitrogens is 4. The minimum Gasteiger partial charge on any atom is -0.468 e. The van der Waals surface area contributed by atoms with Gasteiger partial charge in [-0.25, -0.2) is 4.68 Å². The lowest BCUT2D eigenvalue weighted by Gasteiger charge is -2.09. The van der Waals surface area contributed by atoms with Crippen LogP contribution in [0.2, 0.25) is 15.1 Å². The number of amides is 1. The molecule has 0 radical (unpaired) electrons. The summed E-state index contributed by atoms with van der Waals surface area (Å²) in [6.07, 6.45) is 3.38. The molecule has 0 aliphatic heterocycles. The van der Waals surface area contributed by atoms with Crippen molar-refractivity contribution >= 4 is 62.5 Å². The van der Waals surface area contributed by atoms with Crippen LogP contribution in [0, 0.1) is 0 Å². The van der Waals surface area contributed by atoms with E-state index in [1.165, 1.54) is 4.68 Å². The van der Waals surface area contributed by atoms with E-state index in [2.05, 4.69) is 31.4 Å². The van der Waals surface area contributed by atoms with E-state index in [1.54, 1.807) is 41.3 Å². The number of rotatable bonds is 7. The van der Waals surface area contributed by atoms with Gasteiger partial charge in [-0.05, 0) is 45.8 Å². The Labute approximate surface area is 207 Å². The van der Waals surface area contributed by atoms with Crippen LogP contribution in [0.3, 0.4) is 0 Å². The van der Waals surface area contributed by atoms with Gasteiger partial charge in [0.2, 0.25) is 0 Å². The number of carbonyl (C=O) groups is 1. The second-order valence-corrected chi connectivity index (χ2v) is 8.71. The molecule has 2 aromatic heterocycles. The smallest absolute Gasteiger partial charge is 0.277 e. The molecule has 1 N–H and O–H groups in total. The van der Waals surface area contributed by atoms with Gasteiger partial charge in [-0.3, -0.25) is 9.48 Å². The first kappa shape index (κ1) is 22.7.